The normalized spacial score (nSPS) is 15.8. The van der Waals surface area contributed by atoms with Gasteiger partial charge in [-0.2, -0.15) is 0 Å². The molecule has 1 aromatic carbocycles. The van der Waals surface area contributed by atoms with E-state index in [0.29, 0.717) is 22.8 Å². The molecule has 0 bridgehead atoms. The lowest BCUT2D eigenvalue weighted by Crippen LogP contribution is -2.11. The van der Waals surface area contributed by atoms with Gasteiger partial charge in [0.1, 0.15) is 22.8 Å². The number of carbonyl (C=O) groups excluding carboxylic acids is 1. The summed E-state index contributed by atoms with van der Waals surface area (Å²) in [6.07, 6.45) is 1.63. The second kappa shape index (κ2) is 6.34. The van der Waals surface area contributed by atoms with Gasteiger partial charge in [0, 0.05) is 11.6 Å². The Bertz CT molecular complexity index is 700. The number of rotatable bonds is 4. The number of aliphatic hydroxyl groups excluding tert-OH is 1. The number of aliphatic imine (C=N–C) groups is 1. The minimum atomic E-state index is -0.621. The predicted molar refractivity (Wildman–Crippen MR) is 82.3 cm³/mol. The summed E-state index contributed by atoms with van der Waals surface area (Å²) < 4.78 is 15.1. The number of carbonyl (C=O) groups is 1. The fourth-order valence-corrected chi connectivity index (χ4v) is 2.12. The first kappa shape index (κ1) is 15.6. The van der Waals surface area contributed by atoms with Crippen LogP contribution in [0.1, 0.15) is 12.5 Å². The molecule has 0 atom stereocenters. The van der Waals surface area contributed by atoms with Crippen LogP contribution in [0.25, 0.3) is 6.08 Å². The van der Waals surface area contributed by atoms with Gasteiger partial charge in [0.15, 0.2) is 5.76 Å². The van der Waals surface area contributed by atoms with E-state index >= 15 is 0 Å². The van der Waals surface area contributed by atoms with E-state index in [1.54, 1.807) is 38.3 Å². The SMILES string of the molecule is COC(=O)C1=C(O)C(=Cc2ccc(OC)cc2OC)N=C1C. The minimum absolute atomic E-state index is 0.0706. The Balaban J connectivity index is 2.47. The minimum Gasteiger partial charge on any atom is -0.505 e. The monoisotopic (exact) mass is 303 g/mol. The predicted octanol–water partition coefficient (Wildman–Crippen LogP) is 2.50. The lowest BCUT2D eigenvalue weighted by Gasteiger charge is -2.08. The first-order valence-electron chi connectivity index (χ1n) is 6.53. The number of hydrogen-bond donors (Lipinski definition) is 1. The third-order valence-electron chi connectivity index (χ3n) is 3.25. The third-order valence-corrected chi connectivity index (χ3v) is 3.25. The number of ether oxygens (including phenoxy) is 3. The Hall–Kier alpha value is -2.76. The quantitative estimate of drug-likeness (QED) is 0.865. The van der Waals surface area contributed by atoms with Gasteiger partial charge in [0.2, 0.25) is 0 Å². The largest absolute Gasteiger partial charge is 0.505 e. The molecule has 6 heteroatoms. The van der Waals surface area contributed by atoms with Gasteiger partial charge in [-0.25, -0.2) is 9.79 Å². The van der Waals surface area contributed by atoms with E-state index in [1.807, 2.05) is 0 Å². The molecule has 1 aliphatic rings. The summed E-state index contributed by atoms with van der Waals surface area (Å²) in [4.78, 5) is 15.8. The van der Waals surface area contributed by atoms with Gasteiger partial charge in [-0.3, -0.25) is 0 Å². The van der Waals surface area contributed by atoms with Gasteiger partial charge in [0.25, 0.3) is 0 Å². The molecule has 0 amide bonds. The molecule has 0 aliphatic carbocycles. The Morgan fingerprint density at radius 3 is 2.55 bits per heavy atom. The van der Waals surface area contributed by atoms with E-state index in [9.17, 15) is 9.90 Å². The lowest BCUT2D eigenvalue weighted by molar-refractivity contribution is -0.135. The molecule has 22 heavy (non-hydrogen) atoms. The van der Waals surface area contributed by atoms with Crippen LogP contribution in [-0.4, -0.2) is 38.1 Å². The van der Waals surface area contributed by atoms with E-state index in [2.05, 4.69) is 9.73 Å². The molecule has 0 saturated heterocycles. The smallest absolute Gasteiger partial charge is 0.343 e. The van der Waals surface area contributed by atoms with Crippen LogP contribution in [0.3, 0.4) is 0 Å². The molecule has 116 valence electrons. The van der Waals surface area contributed by atoms with Crippen molar-refractivity contribution in [1.29, 1.82) is 0 Å². The third kappa shape index (κ3) is 2.81. The maximum absolute atomic E-state index is 11.7. The molecule has 0 radical (unpaired) electrons. The van der Waals surface area contributed by atoms with Gasteiger partial charge >= 0.3 is 5.97 Å². The molecule has 0 unspecified atom stereocenters. The molecule has 0 fully saturated rings. The van der Waals surface area contributed by atoms with Crippen LogP contribution in [0.5, 0.6) is 11.5 Å². The number of nitrogens with zero attached hydrogens (tertiary/aromatic N) is 1. The maximum Gasteiger partial charge on any atom is 0.343 e. The number of hydrogen-bond acceptors (Lipinski definition) is 6. The van der Waals surface area contributed by atoms with Gasteiger partial charge in [-0.1, -0.05) is 0 Å². The molecule has 1 aromatic rings. The molecule has 0 spiro atoms. The van der Waals surface area contributed by atoms with Gasteiger partial charge in [-0.05, 0) is 25.1 Å². The Morgan fingerprint density at radius 2 is 1.95 bits per heavy atom. The van der Waals surface area contributed by atoms with Gasteiger partial charge < -0.3 is 19.3 Å². The molecule has 1 heterocycles. The maximum atomic E-state index is 11.7. The van der Waals surface area contributed by atoms with E-state index in [1.165, 1.54) is 14.2 Å². The zero-order chi connectivity index (χ0) is 16.3. The molecule has 1 aliphatic heterocycles. The molecule has 2 rings (SSSR count). The standard InChI is InChI=1S/C16H17NO5/c1-9-14(16(19)22-4)15(18)12(17-9)7-10-5-6-11(20-2)8-13(10)21-3/h5-8,18H,1-4H3. The van der Waals surface area contributed by atoms with Crippen molar-refractivity contribution in [2.24, 2.45) is 4.99 Å². The Labute approximate surface area is 128 Å². The summed E-state index contributed by atoms with van der Waals surface area (Å²) in [6, 6.07) is 5.27. The highest BCUT2D eigenvalue weighted by Gasteiger charge is 2.27. The topological polar surface area (TPSA) is 77.4 Å². The van der Waals surface area contributed by atoms with Crippen LogP contribution in [0, 0.1) is 0 Å². The molecular formula is C16H17NO5. The first-order valence-corrected chi connectivity index (χ1v) is 6.53. The first-order chi connectivity index (χ1) is 10.5. The van der Waals surface area contributed by atoms with Crippen LogP contribution in [0.15, 0.2) is 40.2 Å². The second-order valence-electron chi connectivity index (χ2n) is 4.55. The number of methoxy groups -OCH3 is 3. The van der Waals surface area contributed by atoms with Crippen molar-refractivity contribution in [3.05, 3.63) is 40.8 Å². The van der Waals surface area contributed by atoms with Crippen LogP contribution >= 0.6 is 0 Å². The summed E-state index contributed by atoms with van der Waals surface area (Å²) >= 11 is 0. The van der Waals surface area contributed by atoms with E-state index in [0.717, 1.165) is 0 Å². The van der Waals surface area contributed by atoms with Crippen molar-refractivity contribution in [2.75, 3.05) is 21.3 Å². The van der Waals surface area contributed by atoms with Crippen LogP contribution in [-0.2, 0) is 9.53 Å². The highest BCUT2D eigenvalue weighted by Crippen LogP contribution is 2.31. The van der Waals surface area contributed by atoms with Crippen molar-refractivity contribution in [1.82, 2.24) is 0 Å². The second-order valence-corrected chi connectivity index (χ2v) is 4.55. The lowest BCUT2D eigenvalue weighted by atomic mass is 10.1. The van der Waals surface area contributed by atoms with Crippen molar-refractivity contribution < 1.29 is 24.1 Å². The Morgan fingerprint density at radius 1 is 1.23 bits per heavy atom. The highest BCUT2D eigenvalue weighted by atomic mass is 16.5. The van der Waals surface area contributed by atoms with Crippen molar-refractivity contribution in [3.8, 4) is 11.5 Å². The van der Waals surface area contributed by atoms with Crippen LogP contribution in [0.4, 0.5) is 0 Å². The number of benzene rings is 1. The fourth-order valence-electron chi connectivity index (χ4n) is 2.12. The number of esters is 1. The summed E-state index contributed by atoms with van der Waals surface area (Å²) in [5.41, 5.74) is 1.46. The molecule has 0 saturated carbocycles. The van der Waals surface area contributed by atoms with E-state index < -0.39 is 5.97 Å². The molecule has 6 nitrogen and oxygen atoms in total. The average Bonchev–Trinajstić information content (AvgIpc) is 2.81. The molecule has 0 aromatic heterocycles. The van der Waals surface area contributed by atoms with E-state index in [4.69, 9.17) is 9.47 Å². The highest BCUT2D eigenvalue weighted by molar-refractivity contribution is 6.22. The van der Waals surface area contributed by atoms with Gasteiger partial charge in [0.05, 0.1) is 27.0 Å². The molecular weight excluding hydrogens is 286 g/mol. The van der Waals surface area contributed by atoms with E-state index in [-0.39, 0.29) is 17.0 Å². The summed E-state index contributed by atoms with van der Waals surface area (Å²) in [7, 11) is 4.36. The summed E-state index contributed by atoms with van der Waals surface area (Å²) in [5, 5.41) is 10.2. The van der Waals surface area contributed by atoms with Crippen molar-refractivity contribution in [2.45, 2.75) is 6.92 Å². The zero-order valence-electron chi connectivity index (χ0n) is 12.8. The van der Waals surface area contributed by atoms with Crippen molar-refractivity contribution >= 4 is 17.8 Å². The molecule has 1 N–H and O–H groups in total. The summed E-state index contributed by atoms with van der Waals surface area (Å²) in [5.74, 6) is 0.394. The zero-order valence-corrected chi connectivity index (χ0v) is 12.8. The van der Waals surface area contributed by atoms with Crippen LogP contribution in [0.2, 0.25) is 0 Å². The van der Waals surface area contributed by atoms with Gasteiger partial charge in [-0.15, -0.1) is 0 Å². The average molecular weight is 303 g/mol. The summed E-state index contributed by atoms with van der Waals surface area (Å²) in [6.45, 7) is 1.63. The fraction of sp³-hybridized carbons (Fsp3) is 0.250. The van der Waals surface area contributed by atoms with Crippen molar-refractivity contribution in [3.63, 3.8) is 0 Å². The Kier molecular flexibility index (Phi) is 4.50. The van der Waals surface area contributed by atoms with Crippen LogP contribution < -0.4 is 9.47 Å². The number of aliphatic hydroxyl groups is 1.